The van der Waals surface area contributed by atoms with Gasteiger partial charge in [0.05, 0.1) is 17.5 Å². The summed E-state index contributed by atoms with van der Waals surface area (Å²) in [6, 6.07) is 11.3. The lowest BCUT2D eigenvalue weighted by Crippen LogP contribution is -2.37. The Labute approximate surface area is 186 Å². The van der Waals surface area contributed by atoms with Gasteiger partial charge in [-0.1, -0.05) is 36.9 Å². The zero-order valence-corrected chi connectivity index (χ0v) is 18.6. The summed E-state index contributed by atoms with van der Waals surface area (Å²) in [4.78, 5) is 28.6. The van der Waals surface area contributed by atoms with Crippen molar-refractivity contribution in [3.63, 3.8) is 0 Å². The number of carbonyl (C=O) groups is 1. The minimum atomic E-state index is -3.85. The summed E-state index contributed by atoms with van der Waals surface area (Å²) in [5, 5.41) is 2.57. The van der Waals surface area contributed by atoms with Crippen LogP contribution in [0.15, 0.2) is 70.0 Å². The van der Waals surface area contributed by atoms with E-state index >= 15 is 0 Å². The SMILES string of the molecule is C=C1C(CNC=O)=C(n2c(C)ccc(NS(=O)(=O)Cc3ccccc3)c2=O)C(N)=NC1C. The number of hydrogen-bond acceptors (Lipinski definition) is 6. The number of benzene rings is 1. The number of aryl methyl sites for hydroxylation is 1. The molecule has 0 spiro atoms. The monoisotopic (exact) mass is 455 g/mol. The highest BCUT2D eigenvalue weighted by molar-refractivity contribution is 7.91. The van der Waals surface area contributed by atoms with Crippen molar-refractivity contribution in [1.82, 2.24) is 9.88 Å². The lowest BCUT2D eigenvalue weighted by atomic mass is 9.95. The Morgan fingerprint density at radius 3 is 2.56 bits per heavy atom. The maximum Gasteiger partial charge on any atom is 0.279 e. The first-order chi connectivity index (χ1) is 15.1. The summed E-state index contributed by atoms with van der Waals surface area (Å²) in [5.41, 5.74) is 7.97. The van der Waals surface area contributed by atoms with E-state index < -0.39 is 15.6 Å². The number of rotatable bonds is 8. The average Bonchev–Trinajstić information content (AvgIpc) is 2.73. The highest BCUT2D eigenvalue weighted by atomic mass is 32.2. The van der Waals surface area contributed by atoms with E-state index in [-0.39, 0.29) is 35.6 Å². The third-order valence-electron chi connectivity index (χ3n) is 5.08. The third-order valence-corrected chi connectivity index (χ3v) is 6.33. The second-order valence-electron chi connectivity index (χ2n) is 7.42. The van der Waals surface area contributed by atoms with Crippen LogP contribution in [0.3, 0.4) is 0 Å². The molecule has 0 aliphatic carbocycles. The average molecular weight is 456 g/mol. The van der Waals surface area contributed by atoms with Crippen LogP contribution in [0.4, 0.5) is 5.69 Å². The molecule has 2 heterocycles. The number of dihydropyridines is 1. The molecular formula is C22H25N5O4S. The Hall–Kier alpha value is -3.66. The van der Waals surface area contributed by atoms with Gasteiger partial charge in [0.2, 0.25) is 16.4 Å². The lowest BCUT2D eigenvalue weighted by Gasteiger charge is -2.27. The molecule has 1 aromatic carbocycles. The Morgan fingerprint density at radius 1 is 1.22 bits per heavy atom. The molecular weight excluding hydrogens is 430 g/mol. The van der Waals surface area contributed by atoms with Gasteiger partial charge in [0.1, 0.15) is 11.5 Å². The molecule has 0 fully saturated rings. The Bertz CT molecular complexity index is 1280. The number of aromatic nitrogens is 1. The van der Waals surface area contributed by atoms with Crippen molar-refractivity contribution >= 4 is 33.7 Å². The summed E-state index contributed by atoms with van der Waals surface area (Å²) < 4.78 is 29.0. The topological polar surface area (TPSA) is 136 Å². The smallest absolute Gasteiger partial charge is 0.279 e. The van der Waals surface area contributed by atoms with Gasteiger partial charge >= 0.3 is 0 Å². The number of pyridine rings is 1. The molecule has 0 bridgehead atoms. The normalized spacial score (nSPS) is 16.5. The minimum absolute atomic E-state index is 0.0913. The molecule has 1 unspecified atom stereocenters. The highest BCUT2D eigenvalue weighted by Gasteiger charge is 2.27. The molecule has 2 aromatic rings. The molecule has 1 atom stereocenters. The molecule has 168 valence electrons. The zero-order valence-electron chi connectivity index (χ0n) is 17.8. The maximum absolute atomic E-state index is 13.3. The van der Waals surface area contributed by atoms with Crippen LogP contribution in [0.5, 0.6) is 0 Å². The quantitative estimate of drug-likeness (QED) is 0.517. The first kappa shape index (κ1) is 23.0. The number of amidine groups is 1. The molecule has 4 N–H and O–H groups in total. The summed E-state index contributed by atoms with van der Waals surface area (Å²) in [7, 11) is -3.85. The first-order valence-corrected chi connectivity index (χ1v) is 11.5. The molecule has 0 saturated heterocycles. The van der Waals surface area contributed by atoms with Gasteiger partial charge in [-0.3, -0.25) is 23.9 Å². The van der Waals surface area contributed by atoms with Gasteiger partial charge in [-0.2, -0.15) is 0 Å². The minimum Gasteiger partial charge on any atom is -0.382 e. The van der Waals surface area contributed by atoms with Crippen LogP contribution in [-0.2, 0) is 20.6 Å². The van der Waals surface area contributed by atoms with E-state index in [1.54, 1.807) is 50.2 Å². The fourth-order valence-electron chi connectivity index (χ4n) is 3.48. The summed E-state index contributed by atoms with van der Waals surface area (Å²) in [5.74, 6) is -0.182. The van der Waals surface area contributed by atoms with Crippen molar-refractivity contribution in [2.75, 3.05) is 11.3 Å². The fourth-order valence-corrected chi connectivity index (χ4v) is 4.67. The second kappa shape index (κ2) is 9.23. The number of nitrogens with one attached hydrogen (secondary N) is 2. The molecule has 1 aliphatic heterocycles. The number of carbonyl (C=O) groups excluding carboxylic acids is 1. The second-order valence-corrected chi connectivity index (χ2v) is 9.14. The van der Waals surface area contributed by atoms with E-state index in [0.717, 1.165) is 0 Å². The van der Waals surface area contributed by atoms with Crippen molar-refractivity contribution in [3.8, 4) is 0 Å². The number of nitrogens with two attached hydrogens (primary N) is 1. The van der Waals surface area contributed by atoms with Crippen LogP contribution in [0.1, 0.15) is 18.2 Å². The largest absolute Gasteiger partial charge is 0.382 e. The van der Waals surface area contributed by atoms with Crippen molar-refractivity contribution in [2.24, 2.45) is 10.7 Å². The van der Waals surface area contributed by atoms with Crippen LogP contribution in [0, 0.1) is 6.92 Å². The van der Waals surface area contributed by atoms with E-state index in [1.165, 1.54) is 10.6 Å². The van der Waals surface area contributed by atoms with Crippen LogP contribution in [0.25, 0.3) is 5.70 Å². The van der Waals surface area contributed by atoms with Crippen molar-refractivity contribution < 1.29 is 13.2 Å². The predicted molar refractivity (Wildman–Crippen MR) is 126 cm³/mol. The van der Waals surface area contributed by atoms with Gasteiger partial charge in [0.25, 0.3) is 5.56 Å². The van der Waals surface area contributed by atoms with Gasteiger partial charge in [-0.05, 0) is 37.1 Å². The van der Waals surface area contributed by atoms with E-state index in [4.69, 9.17) is 5.73 Å². The van der Waals surface area contributed by atoms with Crippen molar-refractivity contribution in [1.29, 1.82) is 0 Å². The number of nitrogens with zero attached hydrogens (tertiary/aromatic N) is 2. The molecule has 1 amide bonds. The van der Waals surface area contributed by atoms with E-state index in [1.807, 2.05) is 0 Å². The summed E-state index contributed by atoms with van der Waals surface area (Å²) >= 11 is 0. The predicted octanol–water partition coefficient (Wildman–Crippen LogP) is 1.37. The number of anilines is 1. The number of hydrogen-bond donors (Lipinski definition) is 3. The van der Waals surface area contributed by atoms with Crippen molar-refractivity contribution in [2.45, 2.75) is 25.6 Å². The Balaban J connectivity index is 2.08. The van der Waals surface area contributed by atoms with Gasteiger partial charge in [0.15, 0.2) is 0 Å². The lowest BCUT2D eigenvalue weighted by molar-refractivity contribution is -0.109. The summed E-state index contributed by atoms with van der Waals surface area (Å²) in [6.45, 7) is 7.61. The number of amides is 1. The van der Waals surface area contributed by atoms with Gasteiger partial charge in [0, 0.05) is 17.8 Å². The molecule has 0 radical (unpaired) electrons. The molecule has 0 saturated carbocycles. The zero-order chi connectivity index (χ0) is 23.5. The molecule has 3 rings (SSSR count). The standard InChI is InChI=1S/C22H25N5O4S/c1-14-9-10-19(26-32(30,31)12-17-7-5-4-6-8-17)22(29)27(14)20-18(11-24-13-28)15(2)16(3)25-21(20)23/h4-10,13,16,26H,2,11-12H2,1,3H3,(H2,23,25)(H,24,28). The third kappa shape index (κ3) is 4.80. The maximum atomic E-state index is 13.3. The van der Waals surface area contributed by atoms with E-state index in [9.17, 15) is 18.0 Å². The number of aliphatic imine (C=N–C) groups is 1. The van der Waals surface area contributed by atoms with Crippen LogP contribution < -0.4 is 21.3 Å². The molecule has 32 heavy (non-hydrogen) atoms. The molecule has 9 nitrogen and oxygen atoms in total. The molecule has 1 aliphatic rings. The first-order valence-electron chi connectivity index (χ1n) is 9.85. The van der Waals surface area contributed by atoms with Gasteiger partial charge in [-0.15, -0.1) is 0 Å². The Kier molecular flexibility index (Phi) is 6.64. The van der Waals surface area contributed by atoms with Crippen molar-refractivity contribution in [3.05, 3.63) is 81.8 Å². The molecule has 1 aromatic heterocycles. The van der Waals surface area contributed by atoms with Crippen LogP contribution in [0.2, 0.25) is 0 Å². The summed E-state index contributed by atoms with van der Waals surface area (Å²) in [6.07, 6.45) is 0.536. The van der Waals surface area contributed by atoms with Gasteiger partial charge in [-0.25, -0.2) is 8.42 Å². The van der Waals surface area contributed by atoms with Gasteiger partial charge < -0.3 is 11.1 Å². The van der Waals surface area contributed by atoms with Crippen LogP contribution in [-0.4, -0.2) is 37.8 Å². The van der Waals surface area contributed by atoms with E-state index in [2.05, 4.69) is 21.6 Å². The Morgan fingerprint density at radius 2 is 1.91 bits per heavy atom. The number of sulfonamides is 1. The van der Waals surface area contributed by atoms with E-state index in [0.29, 0.717) is 28.8 Å². The van der Waals surface area contributed by atoms with Crippen LogP contribution >= 0.6 is 0 Å². The fraction of sp³-hybridized carbons (Fsp3) is 0.227. The molecule has 10 heteroatoms. The highest BCUT2D eigenvalue weighted by Crippen LogP contribution is 2.27.